The van der Waals surface area contributed by atoms with Crippen molar-refractivity contribution in [2.45, 2.75) is 19.9 Å². The molecule has 1 unspecified atom stereocenters. The predicted octanol–water partition coefficient (Wildman–Crippen LogP) is 3.85. The minimum Gasteiger partial charge on any atom is -0.496 e. The van der Waals surface area contributed by atoms with E-state index in [1.54, 1.807) is 62.4 Å². The van der Waals surface area contributed by atoms with E-state index in [-0.39, 0.29) is 17.7 Å². The van der Waals surface area contributed by atoms with E-state index < -0.39 is 18.0 Å². The van der Waals surface area contributed by atoms with Crippen molar-refractivity contribution in [1.82, 2.24) is 4.57 Å². The number of ether oxygens (including phenoxy) is 3. The normalized spacial score (nSPS) is 14.9. The zero-order valence-electron chi connectivity index (χ0n) is 22.3. The van der Waals surface area contributed by atoms with Crippen LogP contribution in [0.3, 0.4) is 0 Å². The maximum Gasteiger partial charge on any atom is 0.338 e. The molecule has 0 N–H and O–H groups in total. The third-order valence-electron chi connectivity index (χ3n) is 6.45. The van der Waals surface area contributed by atoms with Crippen molar-refractivity contribution in [3.63, 3.8) is 0 Å². The van der Waals surface area contributed by atoms with Crippen molar-refractivity contribution < 1.29 is 28.2 Å². The van der Waals surface area contributed by atoms with Crippen molar-refractivity contribution in [1.29, 1.82) is 0 Å². The number of methoxy groups -OCH3 is 2. The Morgan fingerprint density at radius 1 is 1.05 bits per heavy atom. The lowest BCUT2D eigenvalue weighted by Gasteiger charge is -2.25. The fraction of sp³-hybridized carbons (Fsp3) is 0.200. The zero-order valence-corrected chi connectivity index (χ0v) is 23.1. The quantitative estimate of drug-likeness (QED) is 0.317. The van der Waals surface area contributed by atoms with Gasteiger partial charge in [0.25, 0.3) is 5.56 Å². The molecule has 1 aliphatic rings. The molecule has 10 heteroatoms. The van der Waals surface area contributed by atoms with E-state index in [0.29, 0.717) is 49.0 Å². The first kappa shape index (κ1) is 26.9. The third kappa shape index (κ3) is 4.77. The highest BCUT2D eigenvalue weighted by Crippen LogP contribution is 2.35. The highest BCUT2D eigenvalue weighted by Gasteiger charge is 2.35. The summed E-state index contributed by atoms with van der Waals surface area (Å²) in [4.78, 5) is 44.2. The van der Waals surface area contributed by atoms with E-state index in [0.717, 1.165) is 0 Å². The molecular formula is C30H26N2O7S. The summed E-state index contributed by atoms with van der Waals surface area (Å²) in [6, 6.07) is 16.8. The average Bonchev–Trinajstić information content (AvgIpc) is 3.56. The molecule has 0 saturated heterocycles. The summed E-state index contributed by atoms with van der Waals surface area (Å²) in [6.45, 7) is 3.63. The molecule has 1 aliphatic heterocycles. The van der Waals surface area contributed by atoms with Crippen LogP contribution in [0.5, 0.6) is 5.75 Å². The Balaban J connectivity index is 1.65. The number of fused-ring (bicyclic) bond motifs is 1. The molecule has 40 heavy (non-hydrogen) atoms. The van der Waals surface area contributed by atoms with Crippen LogP contribution in [-0.4, -0.2) is 37.3 Å². The van der Waals surface area contributed by atoms with E-state index in [1.807, 2.05) is 18.2 Å². The maximum atomic E-state index is 13.9. The molecule has 2 aromatic carbocycles. The SMILES string of the molecule is CCOC(=O)C1=C(C)N=c2sc(=Cc3ccc(-c4ccccc4C(=O)OC)o3)c(=O)n2C1c1ccccc1OC. The lowest BCUT2D eigenvalue weighted by Crippen LogP contribution is -2.40. The number of para-hydroxylation sites is 1. The molecule has 4 aromatic rings. The Morgan fingerprint density at radius 2 is 1.80 bits per heavy atom. The number of thiazole rings is 1. The predicted molar refractivity (Wildman–Crippen MR) is 149 cm³/mol. The third-order valence-corrected chi connectivity index (χ3v) is 7.43. The van der Waals surface area contributed by atoms with E-state index >= 15 is 0 Å². The fourth-order valence-electron chi connectivity index (χ4n) is 4.67. The number of hydrogen-bond acceptors (Lipinski definition) is 9. The fourth-order valence-corrected chi connectivity index (χ4v) is 5.70. The lowest BCUT2D eigenvalue weighted by atomic mass is 9.95. The van der Waals surface area contributed by atoms with Crippen LogP contribution in [-0.2, 0) is 14.3 Å². The van der Waals surface area contributed by atoms with Crippen molar-refractivity contribution >= 4 is 29.4 Å². The molecule has 0 amide bonds. The number of benzene rings is 2. The number of aromatic nitrogens is 1. The zero-order chi connectivity index (χ0) is 28.4. The van der Waals surface area contributed by atoms with Crippen LogP contribution in [0.25, 0.3) is 17.4 Å². The van der Waals surface area contributed by atoms with Gasteiger partial charge in [-0.1, -0.05) is 47.7 Å². The first-order valence-electron chi connectivity index (χ1n) is 12.5. The minimum absolute atomic E-state index is 0.179. The van der Waals surface area contributed by atoms with Gasteiger partial charge in [0.05, 0.1) is 42.2 Å². The summed E-state index contributed by atoms with van der Waals surface area (Å²) in [7, 11) is 2.86. The van der Waals surface area contributed by atoms with Gasteiger partial charge in [-0.3, -0.25) is 9.36 Å². The molecule has 3 heterocycles. The smallest absolute Gasteiger partial charge is 0.338 e. The van der Waals surface area contributed by atoms with Crippen LogP contribution in [0, 0.1) is 0 Å². The van der Waals surface area contributed by atoms with Crippen LogP contribution in [0.1, 0.15) is 41.6 Å². The minimum atomic E-state index is -0.798. The monoisotopic (exact) mass is 558 g/mol. The number of rotatable bonds is 7. The highest BCUT2D eigenvalue weighted by atomic mass is 32.1. The molecule has 5 rings (SSSR count). The molecule has 0 saturated carbocycles. The lowest BCUT2D eigenvalue weighted by molar-refractivity contribution is -0.139. The van der Waals surface area contributed by atoms with Crippen molar-refractivity contribution in [2.24, 2.45) is 4.99 Å². The van der Waals surface area contributed by atoms with Gasteiger partial charge in [0, 0.05) is 17.2 Å². The summed E-state index contributed by atoms with van der Waals surface area (Å²) in [5.74, 6) is 0.362. The molecule has 9 nitrogen and oxygen atoms in total. The molecule has 204 valence electrons. The Morgan fingerprint density at radius 3 is 2.55 bits per heavy atom. The van der Waals surface area contributed by atoms with Crippen molar-refractivity contribution in [3.05, 3.63) is 109 Å². The number of nitrogens with zero attached hydrogens (tertiary/aromatic N) is 2. The molecular weight excluding hydrogens is 532 g/mol. The Labute approximate surface area is 233 Å². The number of furan rings is 1. The largest absolute Gasteiger partial charge is 0.496 e. The van der Waals surface area contributed by atoms with Gasteiger partial charge in [-0.25, -0.2) is 14.6 Å². The number of carbonyl (C=O) groups is 2. The van der Waals surface area contributed by atoms with Crippen molar-refractivity contribution in [2.75, 3.05) is 20.8 Å². The maximum absolute atomic E-state index is 13.9. The number of allylic oxidation sites excluding steroid dienone is 1. The highest BCUT2D eigenvalue weighted by molar-refractivity contribution is 7.07. The number of esters is 2. The summed E-state index contributed by atoms with van der Waals surface area (Å²) < 4.78 is 23.7. The number of carbonyl (C=O) groups excluding carboxylic acids is 2. The van der Waals surface area contributed by atoms with Crippen LogP contribution >= 0.6 is 11.3 Å². The first-order valence-corrected chi connectivity index (χ1v) is 13.3. The van der Waals surface area contributed by atoms with Crippen LogP contribution in [0.2, 0.25) is 0 Å². The van der Waals surface area contributed by atoms with Crippen molar-refractivity contribution in [3.8, 4) is 17.1 Å². The summed E-state index contributed by atoms with van der Waals surface area (Å²) >= 11 is 1.18. The first-order chi connectivity index (χ1) is 19.4. The summed E-state index contributed by atoms with van der Waals surface area (Å²) in [5.41, 5.74) is 1.95. The van der Waals surface area contributed by atoms with E-state index in [4.69, 9.17) is 18.6 Å². The van der Waals surface area contributed by atoms with Gasteiger partial charge in [0.15, 0.2) is 4.80 Å². The van der Waals surface area contributed by atoms with Crippen LogP contribution in [0.4, 0.5) is 0 Å². The molecule has 1 atom stereocenters. The van der Waals surface area contributed by atoms with Gasteiger partial charge < -0.3 is 18.6 Å². The molecule has 0 fully saturated rings. The second-order valence-electron chi connectivity index (χ2n) is 8.78. The average molecular weight is 559 g/mol. The Kier molecular flexibility index (Phi) is 7.52. The standard InChI is InChI=1S/C30H26N2O7S/c1-5-38-29(35)25-17(2)31-30-32(26(25)21-12-8-9-13-22(21)36-3)27(33)24(40-30)16-18-14-15-23(39-18)19-10-6-7-11-20(19)28(34)37-4/h6-16,26H,5H2,1-4H3. The molecule has 0 aliphatic carbocycles. The van der Waals surface area contributed by atoms with Crippen LogP contribution < -0.4 is 19.6 Å². The topological polar surface area (TPSA) is 109 Å². The van der Waals surface area contributed by atoms with Gasteiger partial charge in [-0.2, -0.15) is 0 Å². The summed E-state index contributed by atoms with van der Waals surface area (Å²) in [5, 5.41) is 0. The van der Waals surface area contributed by atoms with Gasteiger partial charge >= 0.3 is 11.9 Å². The van der Waals surface area contributed by atoms with E-state index in [2.05, 4.69) is 4.99 Å². The molecule has 0 radical (unpaired) electrons. The van der Waals surface area contributed by atoms with E-state index in [9.17, 15) is 14.4 Å². The van der Waals surface area contributed by atoms with Gasteiger partial charge in [0.1, 0.15) is 23.3 Å². The molecule has 2 aromatic heterocycles. The van der Waals surface area contributed by atoms with Crippen LogP contribution in [0.15, 0.2) is 86.1 Å². The second-order valence-corrected chi connectivity index (χ2v) is 9.79. The van der Waals surface area contributed by atoms with Gasteiger partial charge in [0.2, 0.25) is 0 Å². The molecule has 0 bridgehead atoms. The summed E-state index contributed by atoms with van der Waals surface area (Å²) in [6.07, 6.45) is 1.62. The second kappa shape index (κ2) is 11.2. The van der Waals surface area contributed by atoms with E-state index in [1.165, 1.54) is 30.1 Å². The Bertz CT molecular complexity index is 1830. The number of hydrogen-bond donors (Lipinski definition) is 0. The molecule has 0 spiro atoms. The van der Waals surface area contributed by atoms with Gasteiger partial charge in [-0.15, -0.1) is 0 Å². The Hall–Kier alpha value is -4.70. The van der Waals surface area contributed by atoms with Gasteiger partial charge in [-0.05, 0) is 38.1 Å².